The first-order valence-corrected chi connectivity index (χ1v) is 8.00. The second-order valence-corrected chi connectivity index (χ2v) is 6.36. The lowest BCUT2D eigenvalue weighted by Gasteiger charge is -2.05. The predicted molar refractivity (Wildman–Crippen MR) is 92.6 cm³/mol. The summed E-state index contributed by atoms with van der Waals surface area (Å²) in [6.07, 6.45) is 1.58. The molecule has 0 atom stereocenters. The van der Waals surface area contributed by atoms with E-state index in [1.807, 2.05) is 26.8 Å². The summed E-state index contributed by atoms with van der Waals surface area (Å²) in [6.45, 7) is 5.97. The molecule has 0 aromatic carbocycles. The normalized spacial score (nSPS) is 10.8. The Morgan fingerprint density at radius 2 is 2.04 bits per heavy atom. The van der Waals surface area contributed by atoms with Crippen molar-refractivity contribution in [1.82, 2.24) is 9.97 Å². The van der Waals surface area contributed by atoms with E-state index in [9.17, 15) is 4.79 Å². The van der Waals surface area contributed by atoms with Gasteiger partial charge in [-0.1, -0.05) is 0 Å². The van der Waals surface area contributed by atoms with Crippen LogP contribution in [0.1, 0.15) is 26.5 Å². The lowest BCUT2D eigenvalue weighted by molar-refractivity contribution is 0.103. The van der Waals surface area contributed by atoms with Gasteiger partial charge >= 0.3 is 0 Å². The van der Waals surface area contributed by atoms with Crippen molar-refractivity contribution < 1.29 is 9.53 Å². The molecule has 23 heavy (non-hydrogen) atoms. The Labute approximate surface area is 138 Å². The largest absolute Gasteiger partial charge is 0.481 e. The van der Waals surface area contributed by atoms with Crippen LogP contribution < -0.4 is 10.1 Å². The maximum absolute atomic E-state index is 12.6. The lowest BCUT2D eigenvalue weighted by Crippen LogP contribution is -2.11. The molecular formula is C17H17N3O2S. The fraction of sp³-hybridized carbons (Fsp3) is 0.235. The van der Waals surface area contributed by atoms with E-state index in [0.29, 0.717) is 16.4 Å². The fourth-order valence-electron chi connectivity index (χ4n) is 2.60. The SMILES string of the molecule is COc1ccc(NC(=O)c2sc3nc(C)cc(C)c3c2C)cn1. The minimum atomic E-state index is -0.144. The van der Waals surface area contributed by atoms with Crippen LogP contribution in [0.3, 0.4) is 0 Å². The third-order valence-electron chi connectivity index (χ3n) is 3.64. The summed E-state index contributed by atoms with van der Waals surface area (Å²) in [5.41, 5.74) is 3.71. The number of methoxy groups -OCH3 is 1. The minimum absolute atomic E-state index is 0.144. The molecule has 0 saturated carbocycles. The van der Waals surface area contributed by atoms with Crippen molar-refractivity contribution in [2.75, 3.05) is 12.4 Å². The van der Waals surface area contributed by atoms with E-state index in [4.69, 9.17) is 4.74 Å². The number of ether oxygens (including phenoxy) is 1. The monoisotopic (exact) mass is 327 g/mol. The number of aromatic nitrogens is 2. The van der Waals surface area contributed by atoms with Crippen molar-refractivity contribution in [2.45, 2.75) is 20.8 Å². The molecule has 3 aromatic rings. The maximum atomic E-state index is 12.6. The van der Waals surface area contributed by atoms with Crippen LogP contribution in [0.4, 0.5) is 5.69 Å². The number of pyridine rings is 2. The quantitative estimate of drug-likeness (QED) is 0.793. The Morgan fingerprint density at radius 1 is 1.26 bits per heavy atom. The van der Waals surface area contributed by atoms with Crippen molar-refractivity contribution in [2.24, 2.45) is 0 Å². The van der Waals surface area contributed by atoms with Crippen LogP contribution in [-0.4, -0.2) is 23.0 Å². The van der Waals surface area contributed by atoms with Gasteiger partial charge in [-0.2, -0.15) is 0 Å². The van der Waals surface area contributed by atoms with Crippen LogP contribution in [0.5, 0.6) is 5.88 Å². The zero-order chi connectivity index (χ0) is 16.6. The molecule has 0 aliphatic carbocycles. The second kappa shape index (κ2) is 5.96. The zero-order valence-electron chi connectivity index (χ0n) is 13.4. The molecule has 0 bridgehead atoms. The van der Waals surface area contributed by atoms with Crippen LogP contribution in [-0.2, 0) is 0 Å². The Bertz CT molecular complexity index is 885. The average Bonchev–Trinajstić information content (AvgIpc) is 2.85. The number of nitrogens with one attached hydrogen (secondary N) is 1. The molecule has 118 valence electrons. The highest BCUT2D eigenvalue weighted by Crippen LogP contribution is 2.32. The highest BCUT2D eigenvalue weighted by molar-refractivity contribution is 7.20. The molecule has 0 aliphatic rings. The molecule has 0 radical (unpaired) electrons. The highest BCUT2D eigenvalue weighted by Gasteiger charge is 2.18. The molecule has 0 unspecified atom stereocenters. The third kappa shape index (κ3) is 2.90. The van der Waals surface area contributed by atoms with Crippen LogP contribution >= 0.6 is 11.3 Å². The number of anilines is 1. The third-order valence-corrected chi connectivity index (χ3v) is 4.82. The first-order valence-electron chi connectivity index (χ1n) is 7.18. The molecule has 3 aromatic heterocycles. The summed E-state index contributed by atoms with van der Waals surface area (Å²) >= 11 is 1.42. The summed E-state index contributed by atoms with van der Waals surface area (Å²) < 4.78 is 5.01. The summed E-state index contributed by atoms with van der Waals surface area (Å²) in [7, 11) is 1.55. The van der Waals surface area contributed by atoms with Crippen LogP contribution in [0.25, 0.3) is 10.2 Å². The van der Waals surface area contributed by atoms with E-state index in [0.717, 1.165) is 27.0 Å². The molecule has 0 fully saturated rings. The van der Waals surface area contributed by atoms with Crippen molar-refractivity contribution >= 4 is 33.1 Å². The van der Waals surface area contributed by atoms with E-state index in [1.54, 1.807) is 25.4 Å². The van der Waals surface area contributed by atoms with Gasteiger partial charge in [-0.3, -0.25) is 4.79 Å². The van der Waals surface area contributed by atoms with Gasteiger partial charge in [0.2, 0.25) is 5.88 Å². The molecular weight excluding hydrogens is 310 g/mol. The van der Waals surface area contributed by atoms with E-state index in [1.165, 1.54) is 11.3 Å². The molecule has 0 aliphatic heterocycles. The summed E-state index contributed by atoms with van der Waals surface area (Å²) in [4.78, 5) is 22.8. The standard InChI is InChI=1S/C17H17N3O2S/c1-9-7-10(2)19-17-14(9)11(3)15(23-17)16(21)20-12-5-6-13(22-4)18-8-12/h5-8H,1-4H3,(H,20,21). The Balaban J connectivity index is 1.94. The molecule has 3 rings (SSSR count). The number of carbonyl (C=O) groups excluding carboxylic acids is 1. The van der Waals surface area contributed by atoms with Gasteiger partial charge in [0.05, 0.1) is 23.9 Å². The molecule has 0 saturated heterocycles. The number of thiophene rings is 1. The summed E-state index contributed by atoms with van der Waals surface area (Å²) in [6, 6.07) is 5.51. The molecule has 6 heteroatoms. The molecule has 5 nitrogen and oxygen atoms in total. The van der Waals surface area contributed by atoms with Gasteiger partial charge < -0.3 is 10.1 Å². The van der Waals surface area contributed by atoms with Crippen molar-refractivity contribution in [3.63, 3.8) is 0 Å². The molecule has 3 heterocycles. The molecule has 1 N–H and O–H groups in total. The first-order chi connectivity index (χ1) is 11.0. The van der Waals surface area contributed by atoms with Crippen molar-refractivity contribution in [1.29, 1.82) is 0 Å². The number of hydrogen-bond donors (Lipinski definition) is 1. The number of amides is 1. The van der Waals surface area contributed by atoms with E-state index >= 15 is 0 Å². The molecule has 1 amide bonds. The smallest absolute Gasteiger partial charge is 0.266 e. The summed E-state index contributed by atoms with van der Waals surface area (Å²) in [5.74, 6) is 0.367. The number of aryl methyl sites for hydroxylation is 3. The van der Waals surface area contributed by atoms with Gasteiger partial charge in [-0.05, 0) is 44.0 Å². The van der Waals surface area contributed by atoms with Gasteiger partial charge in [0, 0.05) is 17.1 Å². The maximum Gasteiger partial charge on any atom is 0.266 e. The van der Waals surface area contributed by atoms with Crippen molar-refractivity contribution in [3.8, 4) is 5.88 Å². The van der Waals surface area contributed by atoms with E-state index < -0.39 is 0 Å². The van der Waals surface area contributed by atoms with Crippen LogP contribution in [0.2, 0.25) is 0 Å². The minimum Gasteiger partial charge on any atom is -0.481 e. The first kappa shape index (κ1) is 15.4. The van der Waals surface area contributed by atoms with E-state index in [2.05, 4.69) is 15.3 Å². The Morgan fingerprint density at radius 3 is 2.70 bits per heavy atom. The van der Waals surface area contributed by atoms with Gasteiger partial charge in [0.15, 0.2) is 0 Å². The van der Waals surface area contributed by atoms with Gasteiger partial charge in [-0.15, -0.1) is 11.3 Å². The topological polar surface area (TPSA) is 64.1 Å². The van der Waals surface area contributed by atoms with Gasteiger partial charge in [0.25, 0.3) is 5.91 Å². The fourth-order valence-corrected chi connectivity index (χ4v) is 3.80. The van der Waals surface area contributed by atoms with E-state index in [-0.39, 0.29) is 5.91 Å². The number of rotatable bonds is 3. The van der Waals surface area contributed by atoms with Crippen molar-refractivity contribution in [3.05, 3.63) is 46.1 Å². The van der Waals surface area contributed by atoms with Gasteiger partial charge in [0.1, 0.15) is 4.83 Å². The second-order valence-electron chi connectivity index (χ2n) is 5.36. The number of hydrogen-bond acceptors (Lipinski definition) is 5. The Hall–Kier alpha value is -2.47. The highest BCUT2D eigenvalue weighted by atomic mass is 32.1. The van der Waals surface area contributed by atoms with Crippen LogP contribution in [0.15, 0.2) is 24.4 Å². The van der Waals surface area contributed by atoms with Crippen LogP contribution in [0, 0.1) is 20.8 Å². The number of nitrogens with zero attached hydrogens (tertiary/aromatic N) is 2. The predicted octanol–water partition coefficient (Wildman–Crippen LogP) is 3.88. The Kier molecular flexibility index (Phi) is 4.00. The zero-order valence-corrected chi connectivity index (χ0v) is 14.2. The molecule has 0 spiro atoms. The number of carbonyl (C=O) groups is 1. The summed E-state index contributed by atoms with van der Waals surface area (Å²) in [5, 5.41) is 3.94. The lowest BCUT2D eigenvalue weighted by atomic mass is 10.1. The number of fused-ring (bicyclic) bond motifs is 1. The van der Waals surface area contributed by atoms with Gasteiger partial charge in [-0.25, -0.2) is 9.97 Å². The average molecular weight is 327 g/mol.